The molecular weight excluding hydrogens is 444 g/mol. The van der Waals surface area contributed by atoms with Crippen LogP contribution in [0.1, 0.15) is 29.8 Å². The molecule has 3 rings (SSSR count). The van der Waals surface area contributed by atoms with Crippen LogP contribution in [-0.2, 0) is 16.6 Å². The molecule has 0 unspecified atom stereocenters. The van der Waals surface area contributed by atoms with Gasteiger partial charge in [-0.1, -0.05) is 6.92 Å². The molecule has 9 nitrogen and oxygen atoms in total. The number of carbonyl (C=O) groups is 1. The molecule has 3 atom stereocenters. The standard InChI is InChI=1S/C23H32N4O5S/c1-16-12-27(17(2)15-28)23(29)20-11-19(25-33(4,30)31)5-6-21(20)32-22(16)14-26(3)13-18-7-9-24-10-8-18/h5-11,16-17,22,25,28H,12-15H2,1-4H3/t16-,17+,22+/m1/s1. The molecule has 2 aromatic rings. The number of amides is 1. The van der Waals surface area contributed by atoms with E-state index >= 15 is 0 Å². The van der Waals surface area contributed by atoms with E-state index < -0.39 is 16.1 Å². The Hall–Kier alpha value is -2.69. The van der Waals surface area contributed by atoms with Crippen molar-refractivity contribution in [2.24, 2.45) is 5.92 Å². The average Bonchev–Trinajstić information content (AvgIpc) is 2.75. The van der Waals surface area contributed by atoms with Crippen molar-refractivity contribution in [2.45, 2.75) is 32.5 Å². The van der Waals surface area contributed by atoms with Gasteiger partial charge in [-0.2, -0.15) is 0 Å². The number of pyridine rings is 1. The SMILES string of the molecule is C[C@@H]1CN([C@@H](C)CO)C(=O)c2cc(NS(C)(=O)=O)ccc2O[C@H]1CN(C)Cc1ccncc1. The topological polar surface area (TPSA) is 112 Å². The normalized spacial score (nSPS) is 19.9. The number of aliphatic hydroxyl groups is 1. The highest BCUT2D eigenvalue weighted by molar-refractivity contribution is 7.92. The summed E-state index contributed by atoms with van der Waals surface area (Å²) in [4.78, 5) is 21.2. The molecule has 2 heterocycles. The van der Waals surface area contributed by atoms with Crippen LogP contribution in [0, 0.1) is 5.92 Å². The zero-order valence-corrected chi connectivity index (χ0v) is 20.2. The van der Waals surface area contributed by atoms with Crippen molar-refractivity contribution >= 4 is 21.6 Å². The number of carbonyl (C=O) groups excluding carboxylic acids is 1. The van der Waals surface area contributed by atoms with Crippen molar-refractivity contribution in [1.29, 1.82) is 0 Å². The van der Waals surface area contributed by atoms with Crippen molar-refractivity contribution in [3.63, 3.8) is 0 Å². The monoisotopic (exact) mass is 476 g/mol. The lowest BCUT2D eigenvalue weighted by molar-refractivity contribution is 0.0341. The van der Waals surface area contributed by atoms with Gasteiger partial charge in [0.1, 0.15) is 11.9 Å². The smallest absolute Gasteiger partial charge is 0.258 e. The van der Waals surface area contributed by atoms with E-state index in [0.717, 1.165) is 18.4 Å². The number of benzene rings is 1. The number of nitrogens with zero attached hydrogens (tertiary/aromatic N) is 3. The zero-order chi connectivity index (χ0) is 24.2. The number of hydrogen-bond acceptors (Lipinski definition) is 7. The van der Waals surface area contributed by atoms with Gasteiger partial charge in [0.2, 0.25) is 10.0 Å². The summed E-state index contributed by atoms with van der Waals surface area (Å²) < 4.78 is 32.1. The van der Waals surface area contributed by atoms with Crippen LogP contribution < -0.4 is 9.46 Å². The number of sulfonamides is 1. The molecule has 0 bridgehead atoms. The Kier molecular flexibility index (Phi) is 7.93. The second-order valence-electron chi connectivity index (χ2n) is 8.76. The second kappa shape index (κ2) is 10.5. The van der Waals surface area contributed by atoms with Gasteiger partial charge >= 0.3 is 0 Å². The Morgan fingerprint density at radius 2 is 2.00 bits per heavy atom. The van der Waals surface area contributed by atoms with E-state index in [1.165, 1.54) is 6.07 Å². The van der Waals surface area contributed by atoms with Crippen LogP contribution in [0.15, 0.2) is 42.7 Å². The van der Waals surface area contributed by atoms with Crippen molar-refractivity contribution in [2.75, 3.05) is 37.7 Å². The molecule has 1 aliphatic heterocycles. The lowest BCUT2D eigenvalue weighted by atomic mass is 9.99. The number of hydrogen-bond donors (Lipinski definition) is 2. The highest BCUT2D eigenvalue weighted by Gasteiger charge is 2.33. The Bertz CT molecular complexity index is 1060. The third-order valence-corrected chi connectivity index (χ3v) is 6.27. The van der Waals surface area contributed by atoms with Crippen LogP contribution in [0.2, 0.25) is 0 Å². The highest BCUT2D eigenvalue weighted by atomic mass is 32.2. The van der Waals surface area contributed by atoms with Crippen LogP contribution in [0.5, 0.6) is 5.75 Å². The maximum Gasteiger partial charge on any atom is 0.258 e. The van der Waals surface area contributed by atoms with E-state index in [0.29, 0.717) is 18.8 Å². The summed E-state index contributed by atoms with van der Waals surface area (Å²) in [6.07, 6.45) is 4.34. The molecule has 10 heteroatoms. The molecule has 0 spiro atoms. The van der Waals surface area contributed by atoms with Gasteiger partial charge in [0.05, 0.1) is 24.5 Å². The van der Waals surface area contributed by atoms with Crippen LogP contribution >= 0.6 is 0 Å². The zero-order valence-electron chi connectivity index (χ0n) is 19.4. The first-order valence-corrected chi connectivity index (χ1v) is 12.7. The quantitative estimate of drug-likeness (QED) is 0.598. The van der Waals surface area contributed by atoms with Gasteiger partial charge in [-0.05, 0) is 49.9 Å². The molecule has 0 aliphatic carbocycles. The van der Waals surface area contributed by atoms with Crippen molar-refractivity contribution in [1.82, 2.24) is 14.8 Å². The fourth-order valence-corrected chi connectivity index (χ4v) is 4.44. The van der Waals surface area contributed by atoms with Gasteiger partial charge in [0, 0.05) is 43.6 Å². The van der Waals surface area contributed by atoms with E-state index in [1.807, 2.05) is 26.1 Å². The van der Waals surface area contributed by atoms with Gasteiger partial charge in [-0.25, -0.2) is 8.42 Å². The number of nitrogens with one attached hydrogen (secondary N) is 1. The molecule has 1 aromatic heterocycles. The van der Waals surface area contributed by atoms with Crippen molar-refractivity contribution in [3.05, 3.63) is 53.9 Å². The largest absolute Gasteiger partial charge is 0.488 e. The first-order chi connectivity index (χ1) is 15.6. The van der Waals surface area contributed by atoms with Gasteiger partial charge in [0.15, 0.2) is 0 Å². The Morgan fingerprint density at radius 1 is 1.30 bits per heavy atom. The summed E-state index contributed by atoms with van der Waals surface area (Å²) in [7, 11) is -1.50. The number of ether oxygens (including phenoxy) is 1. The summed E-state index contributed by atoms with van der Waals surface area (Å²) in [5.41, 5.74) is 1.68. The van der Waals surface area contributed by atoms with E-state index in [1.54, 1.807) is 36.4 Å². The Labute approximate surface area is 195 Å². The number of rotatable bonds is 8. The van der Waals surface area contributed by atoms with Crippen molar-refractivity contribution in [3.8, 4) is 5.75 Å². The van der Waals surface area contributed by atoms with E-state index in [-0.39, 0.29) is 35.8 Å². The maximum absolute atomic E-state index is 13.4. The molecule has 180 valence electrons. The summed E-state index contributed by atoms with van der Waals surface area (Å²) in [5.74, 6) is 0.0759. The molecule has 0 fully saturated rings. The third kappa shape index (κ3) is 6.66. The first-order valence-electron chi connectivity index (χ1n) is 10.8. The van der Waals surface area contributed by atoms with Gasteiger partial charge in [-0.15, -0.1) is 0 Å². The second-order valence-corrected chi connectivity index (χ2v) is 10.5. The van der Waals surface area contributed by atoms with E-state index in [9.17, 15) is 18.3 Å². The van der Waals surface area contributed by atoms with Gasteiger partial charge in [0.25, 0.3) is 5.91 Å². The Morgan fingerprint density at radius 3 is 2.64 bits per heavy atom. The summed E-state index contributed by atoms with van der Waals surface area (Å²) in [5, 5.41) is 9.75. The number of aromatic nitrogens is 1. The molecule has 1 amide bonds. The molecule has 1 aromatic carbocycles. The number of likely N-dealkylation sites (N-methyl/N-ethyl adjacent to an activating group) is 1. The minimum Gasteiger partial charge on any atom is -0.488 e. The molecule has 0 radical (unpaired) electrons. The maximum atomic E-state index is 13.4. The fraction of sp³-hybridized carbons (Fsp3) is 0.478. The Balaban J connectivity index is 1.91. The number of aliphatic hydroxyl groups excluding tert-OH is 1. The highest BCUT2D eigenvalue weighted by Crippen LogP contribution is 2.31. The average molecular weight is 477 g/mol. The summed E-state index contributed by atoms with van der Waals surface area (Å²) >= 11 is 0. The van der Waals surface area contributed by atoms with E-state index in [2.05, 4.69) is 14.6 Å². The first kappa shape index (κ1) is 24.9. The molecule has 2 N–H and O–H groups in total. The predicted molar refractivity (Wildman–Crippen MR) is 127 cm³/mol. The number of fused-ring (bicyclic) bond motifs is 1. The minimum absolute atomic E-state index is 0.00943. The fourth-order valence-electron chi connectivity index (χ4n) is 3.89. The number of anilines is 1. The van der Waals surface area contributed by atoms with Crippen molar-refractivity contribution < 1.29 is 23.1 Å². The lowest BCUT2D eigenvalue weighted by Gasteiger charge is -2.38. The van der Waals surface area contributed by atoms with Gasteiger partial charge in [-0.3, -0.25) is 19.4 Å². The van der Waals surface area contributed by atoms with Crippen LogP contribution in [-0.4, -0.2) is 79.4 Å². The third-order valence-electron chi connectivity index (χ3n) is 5.66. The van der Waals surface area contributed by atoms with Gasteiger partial charge < -0.3 is 14.7 Å². The summed E-state index contributed by atoms with van der Waals surface area (Å²) in [6.45, 7) is 5.37. The predicted octanol–water partition coefficient (Wildman–Crippen LogP) is 1.81. The lowest BCUT2D eigenvalue weighted by Crippen LogP contribution is -2.49. The molecular formula is C23H32N4O5S. The van der Waals surface area contributed by atoms with E-state index in [4.69, 9.17) is 4.74 Å². The molecule has 1 aliphatic rings. The van der Waals surface area contributed by atoms with Crippen LogP contribution in [0.4, 0.5) is 5.69 Å². The minimum atomic E-state index is -3.50. The summed E-state index contributed by atoms with van der Waals surface area (Å²) in [6, 6.07) is 8.23. The van der Waals surface area contributed by atoms with Crippen LogP contribution in [0.3, 0.4) is 0 Å². The van der Waals surface area contributed by atoms with Crippen LogP contribution in [0.25, 0.3) is 0 Å². The molecule has 33 heavy (non-hydrogen) atoms. The molecule has 0 saturated heterocycles. The molecule has 0 saturated carbocycles.